The smallest absolute Gasteiger partial charge is 0.328 e. The van der Waals surface area contributed by atoms with E-state index in [1.807, 2.05) is 0 Å². The summed E-state index contributed by atoms with van der Waals surface area (Å²) < 4.78 is 58.5. The predicted octanol–water partition coefficient (Wildman–Crippen LogP) is 2.66. The molecule has 1 aliphatic heterocycles. The van der Waals surface area contributed by atoms with Crippen molar-refractivity contribution in [3.63, 3.8) is 0 Å². The van der Waals surface area contributed by atoms with Gasteiger partial charge < -0.3 is 4.74 Å². The highest BCUT2D eigenvalue weighted by Gasteiger charge is 2.47. The molecule has 2 atom stereocenters. The second-order valence-electron chi connectivity index (χ2n) is 6.32. The van der Waals surface area contributed by atoms with E-state index in [1.54, 1.807) is 6.07 Å². The molecule has 0 amide bonds. The number of nitriles is 1. The Hall–Kier alpha value is -3.34. The first-order valence-electron chi connectivity index (χ1n) is 8.23. The maximum absolute atomic E-state index is 14.3. The summed E-state index contributed by atoms with van der Waals surface area (Å²) in [6, 6.07) is 5.53. The molecule has 29 heavy (non-hydrogen) atoms. The van der Waals surface area contributed by atoms with E-state index in [0.717, 1.165) is 13.0 Å². The Labute approximate surface area is 163 Å². The van der Waals surface area contributed by atoms with Crippen molar-refractivity contribution in [3.05, 3.63) is 58.9 Å². The van der Waals surface area contributed by atoms with Crippen molar-refractivity contribution in [1.29, 1.82) is 5.26 Å². The second kappa shape index (κ2) is 7.59. The quantitative estimate of drug-likeness (QED) is 0.583. The van der Waals surface area contributed by atoms with E-state index in [0.29, 0.717) is 11.1 Å². The number of nitrogens with two attached hydrogens (primary N) is 1. The third-order valence-corrected chi connectivity index (χ3v) is 3.86. The number of rotatable bonds is 1. The topological polar surface area (TPSA) is 97.2 Å². The Balaban J connectivity index is 1.94. The lowest BCUT2D eigenvalue weighted by atomic mass is 9.99. The molecule has 2 heterocycles. The van der Waals surface area contributed by atoms with E-state index in [-0.39, 0.29) is 17.1 Å². The highest BCUT2D eigenvalue weighted by molar-refractivity contribution is 6.02. The van der Waals surface area contributed by atoms with E-state index >= 15 is 0 Å². The fraction of sp³-hybridized carbons (Fsp3) is 0.263. The minimum Gasteiger partial charge on any atom is -0.328 e. The zero-order chi connectivity index (χ0) is 21.2. The van der Waals surface area contributed by atoms with E-state index in [1.165, 1.54) is 24.5 Å². The number of hydrogen-bond donors (Lipinski definition) is 1. The van der Waals surface area contributed by atoms with Gasteiger partial charge >= 0.3 is 6.18 Å². The highest BCUT2D eigenvalue weighted by atomic mass is 19.4. The van der Waals surface area contributed by atoms with Gasteiger partial charge in [0.25, 0.3) is 0 Å². The normalized spacial score (nSPS) is 21.6. The molecule has 1 aromatic heterocycles. The zero-order valence-electron chi connectivity index (χ0n) is 15.0. The molecule has 2 N–H and O–H groups in total. The molecule has 1 aliphatic rings. The molecule has 1 aromatic carbocycles. The van der Waals surface area contributed by atoms with E-state index in [2.05, 4.69) is 26.8 Å². The van der Waals surface area contributed by atoms with E-state index in [9.17, 15) is 17.6 Å². The average Bonchev–Trinajstić information content (AvgIpc) is 2.65. The Morgan fingerprint density at radius 2 is 1.86 bits per heavy atom. The minimum absolute atomic E-state index is 0.0128. The van der Waals surface area contributed by atoms with Gasteiger partial charge in [0, 0.05) is 29.9 Å². The summed E-state index contributed by atoms with van der Waals surface area (Å²) in [4.78, 5) is 11.5. The van der Waals surface area contributed by atoms with Gasteiger partial charge in [0.05, 0.1) is 11.3 Å². The number of ether oxygens (including phenoxy) is 1. The van der Waals surface area contributed by atoms with Gasteiger partial charge in [-0.05, 0) is 25.1 Å². The van der Waals surface area contributed by atoms with Crippen LogP contribution < -0.4 is 5.73 Å². The van der Waals surface area contributed by atoms with Crippen molar-refractivity contribution < 1.29 is 22.3 Å². The molecule has 10 heteroatoms. The van der Waals surface area contributed by atoms with Gasteiger partial charge in [-0.25, -0.2) is 19.4 Å². The van der Waals surface area contributed by atoms with Gasteiger partial charge in [-0.15, -0.1) is 0 Å². The molecule has 2 aromatic rings. The summed E-state index contributed by atoms with van der Waals surface area (Å²) in [5, 5.41) is 8.68. The van der Waals surface area contributed by atoms with Crippen LogP contribution in [-0.2, 0) is 4.74 Å². The third-order valence-electron chi connectivity index (χ3n) is 3.86. The van der Waals surface area contributed by atoms with Crippen LogP contribution in [0.15, 0.2) is 35.6 Å². The average molecular weight is 403 g/mol. The van der Waals surface area contributed by atoms with Crippen molar-refractivity contribution in [1.82, 2.24) is 9.97 Å². The summed E-state index contributed by atoms with van der Waals surface area (Å²) in [6.45, 7) is 1.16. The molecule has 0 aliphatic carbocycles. The first-order chi connectivity index (χ1) is 13.6. The van der Waals surface area contributed by atoms with Gasteiger partial charge in [-0.3, -0.25) is 5.73 Å². The first kappa shape index (κ1) is 20.4. The summed E-state index contributed by atoms with van der Waals surface area (Å²) in [5.74, 6) is 2.77. The lowest BCUT2D eigenvalue weighted by Crippen LogP contribution is -2.50. The molecule has 0 radical (unpaired) electrons. The fourth-order valence-corrected chi connectivity index (χ4v) is 2.62. The summed E-state index contributed by atoms with van der Waals surface area (Å²) in [5.41, 5.74) is 6.09. The predicted molar refractivity (Wildman–Crippen MR) is 93.8 cm³/mol. The Morgan fingerprint density at radius 3 is 2.48 bits per heavy atom. The van der Waals surface area contributed by atoms with Gasteiger partial charge in [0.15, 0.2) is 6.10 Å². The summed E-state index contributed by atoms with van der Waals surface area (Å²) >= 11 is 0. The lowest BCUT2D eigenvalue weighted by molar-refractivity contribution is -0.250. The van der Waals surface area contributed by atoms with Gasteiger partial charge in [-0.1, -0.05) is 11.8 Å². The number of aromatic nitrogens is 2. The largest absolute Gasteiger partial charge is 0.415 e. The number of aliphatic imine (C=N–C) groups is 1. The van der Waals surface area contributed by atoms with Crippen LogP contribution in [0.3, 0.4) is 0 Å². The monoisotopic (exact) mass is 403 g/mol. The molecular weight excluding hydrogens is 390 g/mol. The van der Waals surface area contributed by atoms with Crippen LogP contribution in [0.4, 0.5) is 17.6 Å². The van der Waals surface area contributed by atoms with Gasteiger partial charge in [0.2, 0.25) is 11.7 Å². The maximum atomic E-state index is 14.3. The highest BCUT2D eigenvalue weighted by Crippen LogP contribution is 2.33. The van der Waals surface area contributed by atoms with Crippen LogP contribution in [0, 0.1) is 29.0 Å². The first-order valence-corrected chi connectivity index (χ1v) is 8.23. The van der Waals surface area contributed by atoms with E-state index in [4.69, 9.17) is 15.7 Å². The van der Waals surface area contributed by atoms with Crippen molar-refractivity contribution >= 4 is 5.71 Å². The molecule has 148 valence electrons. The second-order valence-corrected chi connectivity index (χ2v) is 6.32. The minimum atomic E-state index is -4.68. The van der Waals surface area contributed by atoms with Crippen LogP contribution >= 0.6 is 0 Å². The van der Waals surface area contributed by atoms with Crippen molar-refractivity contribution in [2.45, 2.75) is 31.5 Å². The number of nitrogens with zero attached hydrogens (tertiary/aromatic N) is 4. The van der Waals surface area contributed by atoms with Crippen molar-refractivity contribution in [2.24, 2.45) is 10.7 Å². The summed E-state index contributed by atoms with van der Waals surface area (Å²) in [6.07, 6.45) is -4.85. The number of halogens is 4. The van der Waals surface area contributed by atoms with Crippen LogP contribution in [0.5, 0.6) is 0 Å². The van der Waals surface area contributed by atoms with Crippen molar-refractivity contribution in [3.8, 4) is 17.9 Å². The number of alkyl halides is 3. The molecule has 0 saturated heterocycles. The molecular formula is C19H13F4N5O. The molecule has 0 saturated carbocycles. The molecule has 3 rings (SSSR count). The van der Waals surface area contributed by atoms with Crippen LogP contribution in [0.25, 0.3) is 0 Å². The molecule has 0 spiro atoms. The standard InChI is InChI=1S/C19H13F4N5O/c1-18(25)28-15(7-16(29-18)19(21,22)23)13-6-11(4-5-14(13)20)2-3-12-9-26-17(8-24)27-10-12/h4-6,9-10,16H,7,25H2,1H3/t16-,18-/m0/s1. The summed E-state index contributed by atoms with van der Waals surface area (Å²) in [7, 11) is 0. The SMILES string of the molecule is C[C@]1(N)N=C(c2cc(C#Cc3cnc(C#N)nc3)ccc2F)C[C@@H](C(F)(F)F)O1. The lowest BCUT2D eigenvalue weighted by Gasteiger charge is -2.34. The molecule has 6 nitrogen and oxygen atoms in total. The maximum Gasteiger partial charge on any atom is 0.415 e. The van der Waals surface area contributed by atoms with Gasteiger partial charge in [0.1, 0.15) is 11.9 Å². The molecule has 0 bridgehead atoms. The Bertz CT molecular complexity index is 1060. The third kappa shape index (κ3) is 4.93. The van der Waals surface area contributed by atoms with Crippen molar-refractivity contribution in [2.75, 3.05) is 0 Å². The Morgan fingerprint density at radius 1 is 1.21 bits per heavy atom. The molecule has 0 fully saturated rings. The van der Waals surface area contributed by atoms with Crippen LogP contribution in [-0.4, -0.2) is 33.8 Å². The van der Waals surface area contributed by atoms with E-state index < -0.39 is 30.4 Å². The molecule has 0 unspecified atom stereocenters. The van der Waals surface area contributed by atoms with Crippen LogP contribution in [0.2, 0.25) is 0 Å². The van der Waals surface area contributed by atoms with Gasteiger partial charge in [-0.2, -0.15) is 18.4 Å². The van der Waals surface area contributed by atoms with Crippen LogP contribution in [0.1, 0.15) is 35.9 Å². The zero-order valence-corrected chi connectivity index (χ0v) is 15.0. The number of benzene rings is 1. The Kier molecular flexibility index (Phi) is 5.33. The number of hydrogen-bond acceptors (Lipinski definition) is 6. The fourth-order valence-electron chi connectivity index (χ4n) is 2.62.